The Morgan fingerprint density at radius 2 is 1.59 bits per heavy atom. The Bertz CT molecular complexity index is 1180. The molecule has 0 aliphatic rings. The second-order valence-corrected chi connectivity index (χ2v) is 5.89. The minimum atomic E-state index is -0.490. The molecule has 0 aliphatic carbocycles. The van der Waals surface area contributed by atoms with Crippen molar-refractivity contribution < 1.29 is 13.6 Å². The van der Waals surface area contributed by atoms with Crippen molar-refractivity contribution in [3.8, 4) is 0 Å². The number of anilines is 1. The van der Waals surface area contributed by atoms with E-state index in [4.69, 9.17) is 4.42 Å². The number of carbonyl (C=O) groups is 1. The van der Waals surface area contributed by atoms with Crippen LogP contribution in [0.1, 0.15) is 10.4 Å². The maximum absolute atomic E-state index is 14.0. The van der Waals surface area contributed by atoms with Gasteiger partial charge in [0.05, 0.1) is 0 Å². The number of fused-ring (bicyclic) bond motifs is 1. The summed E-state index contributed by atoms with van der Waals surface area (Å²) in [5.74, 6) is -0.874. The summed E-state index contributed by atoms with van der Waals surface area (Å²) >= 11 is 0. The van der Waals surface area contributed by atoms with E-state index < -0.39 is 5.82 Å². The van der Waals surface area contributed by atoms with E-state index in [1.54, 1.807) is 36.4 Å². The Morgan fingerprint density at radius 3 is 2.41 bits per heavy atom. The van der Waals surface area contributed by atoms with E-state index in [1.807, 2.05) is 36.4 Å². The van der Waals surface area contributed by atoms with Crippen LogP contribution in [0.25, 0.3) is 11.0 Å². The summed E-state index contributed by atoms with van der Waals surface area (Å²) in [6.45, 7) is 0. The van der Waals surface area contributed by atoms with Crippen LogP contribution in [0, 0.1) is 5.82 Å². The van der Waals surface area contributed by atoms with E-state index in [0.29, 0.717) is 11.3 Å². The van der Waals surface area contributed by atoms with E-state index >= 15 is 0 Å². The maximum Gasteiger partial charge on any atom is 0.261 e. The fraction of sp³-hybridized carbons (Fsp3) is 0. The number of hydrogen-bond acceptors (Lipinski definition) is 3. The van der Waals surface area contributed by atoms with Crippen LogP contribution in [-0.2, 0) is 0 Å². The Kier molecular flexibility index (Phi) is 4.49. The summed E-state index contributed by atoms with van der Waals surface area (Å²) in [4.78, 5) is 17.1. The largest absolute Gasteiger partial charge is 0.438 e. The molecule has 0 saturated heterocycles. The molecule has 132 valence electrons. The predicted octanol–water partition coefficient (Wildman–Crippen LogP) is 5.06. The molecule has 0 unspecified atom stereocenters. The van der Waals surface area contributed by atoms with Gasteiger partial charge in [-0.2, -0.15) is 0 Å². The molecule has 0 radical (unpaired) electrons. The molecule has 0 aliphatic heterocycles. The number of amides is 1. The first-order valence-corrected chi connectivity index (χ1v) is 8.39. The van der Waals surface area contributed by atoms with Gasteiger partial charge in [0.15, 0.2) is 0 Å². The third-order valence-electron chi connectivity index (χ3n) is 4.01. The Morgan fingerprint density at radius 1 is 0.889 bits per heavy atom. The zero-order valence-corrected chi connectivity index (χ0v) is 14.2. The molecular formula is C22H15FN2O2. The van der Waals surface area contributed by atoms with Crippen molar-refractivity contribution in [2.75, 3.05) is 5.32 Å². The molecule has 1 N–H and O–H groups in total. The highest BCUT2D eigenvalue weighted by Gasteiger charge is 2.13. The molecule has 27 heavy (non-hydrogen) atoms. The van der Waals surface area contributed by atoms with Gasteiger partial charge in [0.25, 0.3) is 5.91 Å². The van der Waals surface area contributed by atoms with Crippen molar-refractivity contribution in [2.24, 2.45) is 4.99 Å². The molecule has 4 aromatic rings. The van der Waals surface area contributed by atoms with Gasteiger partial charge in [-0.3, -0.25) is 4.79 Å². The van der Waals surface area contributed by atoms with Crippen LogP contribution in [0.2, 0.25) is 0 Å². The quantitative estimate of drug-likeness (QED) is 0.557. The van der Waals surface area contributed by atoms with Crippen molar-refractivity contribution in [1.82, 2.24) is 0 Å². The molecule has 5 heteroatoms. The van der Waals surface area contributed by atoms with Crippen LogP contribution in [0.15, 0.2) is 94.3 Å². The minimum absolute atomic E-state index is 0.0484. The monoisotopic (exact) mass is 358 g/mol. The van der Waals surface area contributed by atoms with Crippen molar-refractivity contribution in [3.05, 3.63) is 102 Å². The fourth-order valence-corrected chi connectivity index (χ4v) is 2.69. The van der Waals surface area contributed by atoms with Gasteiger partial charge in [-0.05, 0) is 36.4 Å². The highest BCUT2D eigenvalue weighted by Crippen LogP contribution is 2.18. The minimum Gasteiger partial charge on any atom is -0.438 e. The van der Waals surface area contributed by atoms with E-state index in [1.165, 1.54) is 12.1 Å². The van der Waals surface area contributed by atoms with Crippen molar-refractivity contribution >= 4 is 28.3 Å². The van der Waals surface area contributed by atoms with Gasteiger partial charge in [0, 0.05) is 11.1 Å². The summed E-state index contributed by atoms with van der Waals surface area (Å²) in [5, 5.41) is 3.56. The number of nitrogens with one attached hydrogen (secondary N) is 1. The molecule has 3 aromatic carbocycles. The molecule has 0 bridgehead atoms. The lowest BCUT2D eigenvalue weighted by Gasteiger charge is -2.07. The van der Waals surface area contributed by atoms with Crippen molar-refractivity contribution in [1.29, 1.82) is 0 Å². The summed E-state index contributed by atoms with van der Waals surface area (Å²) < 4.78 is 19.8. The lowest BCUT2D eigenvalue weighted by atomic mass is 10.1. The third-order valence-corrected chi connectivity index (χ3v) is 4.01. The molecule has 0 spiro atoms. The van der Waals surface area contributed by atoms with Crippen LogP contribution in [0.5, 0.6) is 0 Å². The highest BCUT2D eigenvalue weighted by molar-refractivity contribution is 6.05. The number of para-hydroxylation sites is 3. The van der Waals surface area contributed by atoms with Crippen LogP contribution >= 0.6 is 0 Å². The molecule has 1 heterocycles. The number of nitrogens with zero attached hydrogens (tertiary/aromatic N) is 1. The lowest BCUT2D eigenvalue weighted by Crippen LogP contribution is -2.21. The van der Waals surface area contributed by atoms with Gasteiger partial charge in [0.1, 0.15) is 22.7 Å². The average molecular weight is 358 g/mol. The third kappa shape index (κ3) is 3.62. The number of hydrogen-bond donors (Lipinski definition) is 1. The second-order valence-electron chi connectivity index (χ2n) is 5.89. The average Bonchev–Trinajstić information content (AvgIpc) is 2.70. The first-order valence-electron chi connectivity index (χ1n) is 8.39. The number of benzene rings is 3. The van der Waals surface area contributed by atoms with Crippen LogP contribution < -0.4 is 10.9 Å². The van der Waals surface area contributed by atoms with E-state index in [2.05, 4.69) is 10.3 Å². The van der Waals surface area contributed by atoms with Gasteiger partial charge in [0.2, 0.25) is 5.55 Å². The number of halogens is 1. The molecule has 1 aromatic heterocycles. The normalized spacial score (nSPS) is 11.5. The molecule has 0 fully saturated rings. The lowest BCUT2D eigenvalue weighted by molar-refractivity contribution is 0.102. The van der Waals surface area contributed by atoms with Gasteiger partial charge in [-0.1, -0.05) is 48.5 Å². The Hall–Kier alpha value is -3.73. The Balaban J connectivity index is 1.87. The Labute approximate surface area is 154 Å². The molecule has 4 nitrogen and oxygen atoms in total. The molecule has 4 rings (SSSR count). The number of rotatable bonds is 3. The standard InChI is InChI=1S/C22H15FN2O2/c23-18-11-5-6-12-19(18)25-22-17(14-15-8-4-7-13-20(15)27-22)21(26)24-16-9-2-1-3-10-16/h1-14H,(H,24,26). The SMILES string of the molecule is O=C(Nc1ccccc1)c1cc2ccccc2oc1=Nc1ccccc1F. The van der Waals surface area contributed by atoms with Gasteiger partial charge in [-0.25, -0.2) is 9.38 Å². The van der Waals surface area contributed by atoms with Crippen LogP contribution in [0.3, 0.4) is 0 Å². The molecule has 0 saturated carbocycles. The summed E-state index contributed by atoms with van der Waals surface area (Å²) in [5.41, 5.74) is 1.58. The first kappa shape index (κ1) is 16.7. The van der Waals surface area contributed by atoms with E-state index in [0.717, 1.165) is 5.39 Å². The van der Waals surface area contributed by atoms with Crippen LogP contribution in [-0.4, -0.2) is 5.91 Å². The molecule has 1 amide bonds. The van der Waals surface area contributed by atoms with Gasteiger partial charge >= 0.3 is 0 Å². The summed E-state index contributed by atoms with van der Waals surface area (Å²) in [7, 11) is 0. The van der Waals surface area contributed by atoms with Gasteiger partial charge < -0.3 is 9.73 Å². The predicted molar refractivity (Wildman–Crippen MR) is 102 cm³/mol. The second kappa shape index (κ2) is 7.25. The maximum atomic E-state index is 14.0. The summed E-state index contributed by atoms with van der Waals surface area (Å²) in [6.07, 6.45) is 0. The molecule has 0 atom stereocenters. The fourth-order valence-electron chi connectivity index (χ4n) is 2.69. The highest BCUT2D eigenvalue weighted by atomic mass is 19.1. The smallest absolute Gasteiger partial charge is 0.261 e. The first-order chi connectivity index (χ1) is 13.2. The topological polar surface area (TPSA) is 54.6 Å². The van der Waals surface area contributed by atoms with Gasteiger partial charge in [-0.15, -0.1) is 0 Å². The van der Waals surface area contributed by atoms with Crippen molar-refractivity contribution in [2.45, 2.75) is 0 Å². The van der Waals surface area contributed by atoms with E-state index in [-0.39, 0.29) is 22.7 Å². The summed E-state index contributed by atoms with van der Waals surface area (Å²) in [6, 6.07) is 24.1. The zero-order chi connectivity index (χ0) is 18.6. The van der Waals surface area contributed by atoms with E-state index in [9.17, 15) is 9.18 Å². The van der Waals surface area contributed by atoms with Crippen molar-refractivity contribution in [3.63, 3.8) is 0 Å². The van der Waals surface area contributed by atoms with Crippen LogP contribution in [0.4, 0.5) is 15.8 Å². The number of carbonyl (C=O) groups excluding carboxylic acids is 1. The molecular weight excluding hydrogens is 343 g/mol. The zero-order valence-electron chi connectivity index (χ0n) is 14.2.